The molecule has 2 aromatic rings. The van der Waals surface area contributed by atoms with Crippen LogP contribution in [0.2, 0.25) is 0 Å². The first-order valence-electron chi connectivity index (χ1n) is 7.70. The summed E-state index contributed by atoms with van der Waals surface area (Å²) >= 11 is 1.74. The maximum absolute atomic E-state index is 12.1. The van der Waals surface area contributed by atoms with Crippen LogP contribution >= 0.6 is 11.3 Å². The van der Waals surface area contributed by atoms with Crippen molar-refractivity contribution in [1.29, 1.82) is 0 Å². The van der Waals surface area contributed by atoms with E-state index in [1.807, 2.05) is 24.4 Å². The molecule has 3 heterocycles. The molecule has 1 amide bonds. The van der Waals surface area contributed by atoms with Gasteiger partial charge in [0, 0.05) is 36.6 Å². The zero-order valence-electron chi connectivity index (χ0n) is 12.8. The number of amides is 1. The summed E-state index contributed by atoms with van der Waals surface area (Å²) in [4.78, 5) is 20.0. The van der Waals surface area contributed by atoms with Crippen LogP contribution in [-0.4, -0.2) is 30.0 Å². The molecule has 22 heavy (non-hydrogen) atoms. The van der Waals surface area contributed by atoms with E-state index in [-0.39, 0.29) is 11.9 Å². The Morgan fingerprint density at radius 3 is 3.09 bits per heavy atom. The second-order valence-corrected chi connectivity index (χ2v) is 6.71. The van der Waals surface area contributed by atoms with E-state index >= 15 is 0 Å². The van der Waals surface area contributed by atoms with Gasteiger partial charge in [-0.1, -0.05) is 6.07 Å². The van der Waals surface area contributed by atoms with Crippen molar-refractivity contribution in [3.8, 4) is 0 Å². The minimum absolute atomic E-state index is 0.153. The molecular formula is C17H21N3OS. The van der Waals surface area contributed by atoms with Crippen molar-refractivity contribution in [2.24, 2.45) is 0 Å². The van der Waals surface area contributed by atoms with Crippen molar-refractivity contribution >= 4 is 23.1 Å². The van der Waals surface area contributed by atoms with Crippen molar-refractivity contribution in [2.45, 2.75) is 32.2 Å². The van der Waals surface area contributed by atoms with Gasteiger partial charge in [-0.2, -0.15) is 0 Å². The van der Waals surface area contributed by atoms with Crippen LogP contribution in [0.5, 0.6) is 0 Å². The summed E-state index contributed by atoms with van der Waals surface area (Å²) in [7, 11) is 0. The number of nitrogens with one attached hydrogen (secondary N) is 1. The number of thiophene rings is 1. The summed E-state index contributed by atoms with van der Waals surface area (Å²) in [6, 6.07) is 8.28. The highest BCUT2D eigenvalue weighted by atomic mass is 32.1. The van der Waals surface area contributed by atoms with E-state index in [1.165, 1.54) is 10.4 Å². The number of carbonyl (C=O) groups excluding carboxylic acids is 1. The predicted molar refractivity (Wildman–Crippen MR) is 90.4 cm³/mol. The largest absolute Gasteiger partial charge is 0.354 e. The Kier molecular flexibility index (Phi) is 4.73. The number of pyridine rings is 1. The number of anilines is 1. The third-order valence-electron chi connectivity index (χ3n) is 4.07. The first kappa shape index (κ1) is 15.0. The van der Waals surface area contributed by atoms with Crippen LogP contribution in [0.3, 0.4) is 0 Å². The minimum atomic E-state index is 0.153. The molecule has 0 saturated carbocycles. The highest BCUT2D eigenvalue weighted by Gasteiger charge is 2.24. The Hall–Kier alpha value is -1.88. The molecule has 1 aliphatic rings. The van der Waals surface area contributed by atoms with Crippen LogP contribution in [0.15, 0.2) is 35.8 Å². The van der Waals surface area contributed by atoms with Gasteiger partial charge < -0.3 is 10.2 Å². The van der Waals surface area contributed by atoms with Crippen molar-refractivity contribution in [2.75, 3.05) is 18.0 Å². The highest BCUT2D eigenvalue weighted by molar-refractivity contribution is 7.10. The van der Waals surface area contributed by atoms with Gasteiger partial charge in [-0.15, -0.1) is 11.3 Å². The van der Waals surface area contributed by atoms with Gasteiger partial charge in [-0.25, -0.2) is 4.98 Å². The molecule has 0 radical (unpaired) electrons. The molecule has 116 valence electrons. The Morgan fingerprint density at radius 1 is 1.45 bits per heavy atom. The first-order valence-corrected chi connectivity index (χ1v) is 8.58. The Morgan fingerprint density at radius 2 is 2.36 bits per heavy atom. The highest BCUT2D eigenvalue weighted by Crippen LogP contribution is 2.19. The zero-order chi connectivity index (χ0) is 15.4. The maximum Gasteiger partial charge on any atom is 0.220 e. The number of rotatable bonds is 5. The third kappa shape index (κ3) is 3.65. The summed E-state index contributed by atoms with van der Waals surface area (Å²) < 4.78 is 0. The fourth-order valence-electron chi connectivity index (χ4n) is 2.81. The summed E-state index contributed by atoms with van der Waals surface area (Å²) in [5.41, 5.74) is 1.29. The first-order chi connectivity index (χ1) is 10.7. The molecule has 1 saturated heterocycles. The van der Waals surface area contributed by atoms with E-state index in [0.717, 1.165) is 31.7 Å². The lowest BCUT2D eigenvalue weighted by molar-refractivity contribution is -0.121. The zero-order valence-corrected chi connectivity index (χ0v) is 13.6. The lowest BCUT2D eigenvalue weighted by atomic mass is 10.2. The van der Waals surface area contributed by atoms with E-state index in [4.69, 9.17) is 0 Å². The SMILES string of the molecule is Cc1ccsc1CCC(=O)NC1CCN(c2ccccn2)C1. The van der Waals surface area contributed by atoms with E-state index in [2.05, 4.69) is 33.6 Å². The Balaban J connectivity index is 1.46. The molecule has 1 unspecified atom stereocenters. The van der Waals surface area contributed by atoms with E-state index in [9.17, 15) is 4.79 Å². The maximum atomic E-state index is 12.1. The van der Waals surface area contributed by atoms with E-state index in [1.54, 1.807) is 11.3 Å². The molecule has 1 atom stereocenters. The van der Waals surface area contributed by atoms with Crippen LogP contribution in [0, 0.1) is 6.92 Å². The Labute approximate surface area is 135 Å². The van der Waals surface area contributed by atoms with Crippen LogP contribution in [0.1, 0.15) is 23.3 Å². The normalized spacial score (nSPS) is 17.7. The lowest BCUT2D eigenvalue weighted by Crippen LogP contribution is -2.37. The topological polar surface area (TPSA) is 45.2 Å². The van der Waals surface area contributed by atoms with Gasteiger partial charge in [0.2, 0.25) is 5.91 Å². The number of carbonyl (C=O) groups is 1. The third-order valence-corrected chi connectivity index (χ3v) is 5.16. The van der Waals surface area contributed by atoms with Gasteiger partial charge in [0.1, 0.15) is 5.82 Å². The second-order valence-electron chi connectivity index (χ2n) is 5.71. The molecule has 1 fully saturated rings. The smallest absolute Gasteiger partial charge is 0.220 e. The fraction of sp³-hybridized carbons (Fsp3) is 0.412. The number of hydrogen-bond donors (Lipinski definition) is 1. The van der Waals surface area contributed by atoms with Crippen LogP contribution in [0.4, 0.5) is 5.82 Å². The van der Waals surface area contributed by atoms with Gasteiger partial charge in [0.15, 0.2) is 0 Å². The molecule has 4 nitrogen and oxygen atoms in total. The van der Waals surface area contributed by atoms with Crippen molar-refractivity contribution in [3.63, 3.8) is 0 Å². The molecule has 0 spiro atoms. The van der Waals surface area contributed by atoms with Crippen molar-refractivity contribution in [3.05, 3.63) is 46.3 Å². The minimum Gasteiger partial charge on any atom is -0.354 e. The summed E-state index contributed by atoms with van der Waals surface area (Å²) in [5, 5.41) is 5.24. The van der Waals surface area contributed by atoms with Gasteiger partial charge in [-0.05, 0) is 48.9 Å². The number of aryl methyl sites for hydroxylation is 2. The molecule has 0 bridgehead atoms. The van der Waals surface area contributed by atoms with E-state index < -0.39 is 0 Å². The summed E-state index contributed by atoms with van der Waals surface area (Å²) in [5.74, 6) is 1.15. The van der Waals surface area contributed by atoms with Crippen LogP contribution < -0.4 is 10.2 Å². The van der Waals surface area contributed by atoms with Crippen LogP contribution in [0.25, 0.3) is 0 Å². The number of hydrogen-bond acceptors (Lipinski definition) is 4. The van der Waals surface area contributed by atoms with Gasteiger partial charge in [-0.3, -0.25) is 4.79 Å². The van der Waals surface area contributed by atoms with Gasteiger partial charge in [0.25, 0.3) is 0 Å². The molecule has 1 N–H and O–H groups in total. The molecule has 0 aliphatic carbocycles. The molecule has 5 heteroatoms. The average Bonchev–Trinajstić information content (AvgIpc) is 3.15. The standard InChI is InChI=1S/C17H21N3OS/c1-13-8-11-22-15(13)5-6-17(21)19-14-7-10-20(12-14)16-4-2-3-9-18-16/h2-4,8-9,11,14H,5-7,10,12H2,1H3,(H,19,21). The predicted octanol–water partition coefficient (Wildman–Crippen LogP) is 2.78. The quantitative estimate of drug-likeness (QED) is 0.923. The number of nitrogens with zero attached hydrogens (tertiary/aromatic N) is 2. The number of aromatic nitrogens is 1. The fourth-order valence-corrected chi connectivity index (χ4v) is 3.72. The molecule has 1 aliphatic heterocycles. The molecule has 0 aromatic carbocycles. The molecule has 2 aromatic heterocycles. The van der Waals surface area contributed by atoms with Crippen LogP contribution in [-0.2, 0) is 11.2 Å². The van der Waals surface area contributed by atoms with Gasteiger partial charge >= 0.3 is 0 Å². The molecular weight excluding hydrogens is 294 g/mol. The molecule has 3 rings (SSSR count). The second kappa shape index (κ2) is 6.92. The summed E-state index contributed by atoms with van der Waals surface area (Å²) in [6.45, 7) is 3.90. The Bertz CT molecular complexity index is 626. The average molecular weight is 315 g/mol. The monoisotopic (exact) mass is 315 g/mol. The van der Waals surface area contributed by atoms with Crippen molar-refractivity contribution in [1.82, 2.24) is 10.3 Å². The summed E-state index contributed by atoms with van der Waals surface area (Å²) in [6.07, 6.45) is 4.21. The van der Waals surface area contributed by atoms with Crippen molar-refractivity contribution < 1.29 is 4.79 Å². The lowest BCUT2D eigenvalue weighted by Gasteiger charge is -2.17. The van der Waals surface area contributed by atoms with E-state index in [0.29, 0.717) is 6.42 Å². The van der Waals surface area contributed by atoms with Gasteiger partial charge in [0.05, 0.1) is 0 Å².